The molecule has 1 amide bonds. The van der Waals surface area contributed by atoms with E-state index in [2.05, 4.69) is 9.97 Å². The van der Waals surface area contributed by atoms with Crippen molar-refractivity contribution >= 4 is 5.91 Å². The van der Waals surface area contributed by atoms with Gasteiger partial charge in [0.2, 0.25) is 11.8 Å². The molecule has 0 unspecified atom stereocenters. The van der Waals surface area contributed by atoms with Crippen LogP contribution < -0.4 is 10.5 Å². The maximum Gasteiger partial charge on any atom is 0.250 e. The molecule has 5 heteroatoms. The second kappa shape index (κ2) is 4.61. The fourth-order valence-electron chi connectivity index (χ4n) is 1.40. The molecule has 5 nitrogen and oxygen atoms in total. The average molecular weight is 229 g/mol. The minimum absolute atomic E-state index is 0.373. The Labute approximate surface area is 98.3 Å². The summed E-state index contributed by atoms with van der Waals surface area (Å²) < 4.78 is 4.97. The zero-order valence-electron chi connectivity index (χ0n) is 9.25. The van der Waals surface area contributed by atoms with Crippen molar-refractivity contribution in [1.82, 2.24) is 9.97 Å². The third-order valence-corrected chi connectivity index (χ3v) is 2.30. The molecular formula is C12H11N3O2. The monoisotopic (exact) mass is 229 g/mol. The number of primary amides is 1. The third kappa shape index (κ3) is 2.39. The van der Waals surface area contributed by atoms with E-state index >= 15 is 0 Å². The predicted octanol–water partition coefficient (Wildman–Crippen LogP) is 1.25. The molecule has 0 aliphatic carbocycles. The Morgan fingerprint density at radius 1 is 1.24 bits per heavy atom. The van der Waals surface area contributed by atoms with Crippen LogP contribution >= 0.6 is 0 Å². The summed E-state index contributed by atoms with van der Waals surface area (Å²) in [6, 6.07) is 5.26. The van der Waals surface area contributed by atoms with Gasteiger partial charge in [0.05, 0.1) is 12.7 Å². The standard InChI is InChI=1S/C12H11N3O2/c1-17-11-3-2-8(7-15-11)9-4-10(12(13)16)6-14-5-9/h2-7H,1H3,(H2,13,16). The zero-order valence-corrected chi connectivity index (χ0v) is 9.25. The molecule has 86 valence electrons. The van der Waals surface area contributed by atoms with Gasteiger partial charge in [0, 0.05) is 35.8 Å². The summed E-state index contributed by atoms with van der Waals surface area (Å²) in [6.45, 7) is 0. The highest BCUT2D eigenvalue weighted by Gasteiger charge is 2.04. The number of hydrogen-bond acceptors (Lipinski definition) is 4. The number of nitrogens with two attached hydrogens (primary N) is 1. The summed E-state index contributed by atoms with van der Waals surface area (Å²) in [4.78, 5) is 19.1. The van der Waals surface area contributed by atoms with Crippen LogP contribution in [0, 0.1) is 0 Å². The second-order valence-corrected chi connectivity index (χ2v) is 3.42. The summed E-state index contributed by atoms with van der Waals surface area (Å²) in [5, 5.41) is 0. The largest absolute Gasteiger partial charge is 0.481 e. The molecule has 0 saturated heterocycles. The summed E-state index contributed by atoms with van der Waals surface area (Å²) in [6.07, 6.45) is 4.74. The quantitative estimate of drug-likeness (QED) is 0.859. The highest BCUT2D eigenvalue weighted by atomic mass is 16.5. The number of methoxy groups -OCH3 is 1. The van der Waals surface area contributed by atoms with E-state index in [1.807, 2.05) is 6.07 Å². The maximum absolute atomic E-state index is 11.0. The number of ether oxygens (including phenoxy) is 1. The summed E-state index contributed by atoms with van der Waals surface area (Å²) >= 11 is 0. The molecular weight excluding hydrogens is 218 g/mol. The van der Waals surface area contributed by atoms with Gasteiger partial charge in [0.1, 0.15) is 0 Å². The number of rotatable bonds is 3. The van der Waals surface area contributed by atoms with Crippen LogP contribution in [0.3, 0.4) is 0 Å². The number of nitrogens with zero attached hydrogens (tertiary/aromatic N) is 2. The number of pyridine rings is 2. The van der Waals surface area contributed by atoms with E-state index in [1.54, 1.807) is 31.6 Å². The van der Waals surface area contributed by atoms with E-state index in [0.29, 0.717) is 11.4 Å². The number of carbonyl (C=O) groups excluding carboxylic acids is 1. The van der Waals surface area contributed by atoms with E-state index in [-0.39, 0.29) is 0 Å². The van der Waals surface area contributed by atoms with Gasteiger partial charge in [-0.1, -0.05) is 0 Å². The number of aromatic nitrogens is 2. The summed E-state index contributed by atoms with van der Waals surface area (Å²) in [5.41, 5.74) is 7.20. The van der Waals surface area contributed by atoms with Crippen molar-refractivity contribution < 1.29 is 9.53 Å². The van der Waals surface area contributed by atoms with Gasteiger partial charge in [-0.3, -0.25) is 9.78 Å². The van der Waals surface area contributed by atoms with Gasteiger partial charge >= 0.3 is 0 Å². The van der Waals surface area contributed by atoms with Crippen LogP contribution in [0.5, 0.6) is 5.88 Å². The van der Waals surface area contributed by atoms with E-state index in [9.17, 15) is 4.79 Å². The van der Waals surface area contributed by atoms with Crippen molar-refractivity contribution in [2.45, 2.75) is 0 Å². The van der Waals surface area contributed by atoms with Crippen molar-refractivity contribution in [2.24, 2.45) is 5.73 Å². The number of hydrogen-bond donors (Lipinski definition) is 1. The van der Waals surface area contributed by atoms with Gasteiger partial charge in [0.15, 0.2) is 0 Å². The van der Waals surface area contributed by atoms with Crippen LogP contribution in [0.1, 0.15) is 10.4 Å². The predicted molar refractivity (Wildman–Crippen MR) is 62.5 cm³/mol. The van der Waals surface area contributed by atoms with Crippen LogP contribution in [0.2, 0.25) is 0 Å². The lowest BCUT2D eigenvalue weighted by Crippen LogP contribution is -2.11. The molecule has 17 heavy (non-hydrogen) atoms. The topological polar surface area (TPSA) is 78.1 Å². The minimum atomic E-state index is -0.499. The molecule has 0 radical (unpaired) electrons. The fourth-order valence-corrected chi connectivity index (χ4v) is 1.40. The zero-order chi connectivity index (χ0) is 12.3. The first-order chi connectivity index (χ1) is 8.20. The first kappa shape index (κ1) is 11.1. The van der Waals surface area contributed by atoms with Crippen LogP contribution in [-0.2, 0) is 0 Å². The van der Waals surface area contributed by atoms with Crippen LogP contribution in [0.15, 0.2) is 36.8 Å². The Hall–Kier alpha value is -2.43. The molecule has 2 aromatic heterocycles. The molecule has 2 N–H and O–H groups in total. The Bertz CT molecular complexity index is 538. The Kier molecular flexibility index (Phi) is 3.00. The van der Waals surface area contributed by atoms with Gasteiger partial charge in [-0.15, -0.1) is 0 Å². The molecule has 0 aliphatic heterocycles. The van der Waals surface area contributed by atoms with Crippen molar-refractivity contribution in [1.29, 1.82) is 0 Å². The average Bonchev–Trinajstić information content (AvgIpc) is 2.39. The number of carbonyl (C=O) groups is 1. The van der Waals surface area contributed by atoms with E-state index in [0.717, 1.165) is 11.1 Å². The number of amides is 1. The van der Waals surface area contributed by atoms with Crippen LogP contribution in [0.4, 0.5) is 0 Å². The third-order valence-electron chi connectivity index (χ3n) is 2.30. The molecule has 0 bridgehead atoms. The highest BCUT2D eigenvalue weighted by molar-refractivity contribution is 5.93. The molecule has 0 aliphatic rings. The molecule has 2 rings (SSSR count). The first-order valence-corrected chi connectivity index (χ1v) is 4.96. The van der Waals surface area contributed by atoms with E-state index in [1.165, 1.54) is 6.20 Å². The molecule has 2 heterocycles. The molecule has 0 aromatic carbocycles. The van der Waals surface area contributed by atoms with Gasteiger partial charge in [-0.2, -0.15) is 0 Å². The highest BCUT2D eigenvalue weighted by Crippen LogP contribution is 2.20. The molecule has 0 atom stereocenters. The van der Waals surface area contributed by atoms with Crippen molar-refractivity contribution in [3.05, 3.63) is 42.4 Å². The second-order valence-electron chi connectivity index (χ2n) is 3.42. The van der Waals surface area contributed by atoms with Crippen LogP contribution in [-0.4, -0.2) is 23.0 Å². The summed E-state index contributed by atoms with van der Waals surface area (Å²) in [7, 11) is 1.55. The van der Waals surface area contributed by atoms with Crippen molar-refractivity contribution in [3.8, 4) is 17.0 Å². The molecule has 0 fully saturated rings. The summed E-state index contributed by atoms with van der Waals surface area (Å²) in [5.74, 6) is 0.0357. The first-order valence-electron chi connectivity index (χ1n) is 4.96. The smallest absolute Gasteiger partial charge is 0.250 e. The lowest BCUT2D eigenvalue weighted by Gasteiger charge is -2.03. The van der Waals surface area contributed by atoms with Gasteiger partial charge in [-0.05, 0) is 12.1 Å². The maximum atomic E-state index is 11.0. The van der Waals surface area contributed by atoms with Gasteiger partial charge < -0.3 is 10.5 Å². The molecule has 2 aromatic rings. The van der Waals surface area contributed by atoms with Crippen molar-refractivity contribution in [2.75, 3.05) is 7.11 Å². The Morgan fingerprint density at radius 3 is 2.65 bits per heavy atom. The SMILES string of the molecule is COc1ccc(-c2cncc(C(N)=O)c2)cn1. The van der Waals surface area contributed by atoms with E-state index in [4.69, 9.17) is 10.5 Å². The van der Waals surface area contributed by atoms with Crippen LogP contribution in [0.25, 0.3) is 11.1 Å². The van der Waals surface area contributed by atoms with Crippen molar-refractivity contribution in [3.63, 3.8) is 0 Å². The van der Waals surface area contributed by atoms with E-state index < -0.39 is 5.91 Å². The fraction of sp³-hybridized carbons (Fsp3) is 0.0833. The normalized spacial score (nSPS) is 9.94. The Morgan fingerprint density at radius 2 is 2.06 bits per heavy atom. The molecule has 0 spiro atoms. The lowest BCUT2D eigenvalue weighted by atomic mass is 10.1. The Balaban J connectivity index is 2.38. The lowest BCUT2D eigenvalue weighted by molar-refractivity contribution is 0.1000. The minimum Gasteiger partial charge on any atom is -0.481 e. The van der Waals surface area contributed by atoms with Gasteiger partial charge in [0.25, 0.3) is 0 Å². The molecule has 0 saturated carbocycles. The van der Waals surface area contributed by atoms with Gasteiger partial charge in [-0.25, -0.2) is 4.98 Å².